The van der Waals surface area contributed by atoms with E-state index in [1.807, 2.05) is 0 Å². The van der Waals surface area contributed by atoms with Gasteiger partial charge in [0.1, 0.15) is 5.75 Å². The van der Waals surface area contributed by atoms with E-state index in [0.717, 1.165) is 31.7 Å². The maximum atomic E-state index is 5.49. The molecule has 2 rings (SSSR count). The minimum Gasteiger partial charge on any atom is -0.493 e. The molecule has 0 spiro atoms. The van der Waals surface area contributed by atoms with Crippen LogP contribution in [0.25, 0.3) is 0 Å². The number of nitrogens with one attached hydrogen (secondary N) is 1. The van der Waals surface area contributed by atoms with Crippen LogP contribution < -0.4 is 10.1 Å². The third-order valence-corrected chi connectivity index (χ3v) is 2.85. The first-order valence-corrected chi connectivity index (χ1v) is 5.77. The van der Waals surface area contributed by atoms with Gasteiger partial charge in [0.05, 0.1) is 6.61 Å². The Labute approximate surface area is 104 Å². The molecule has 1 N–H and O–H groups in total. The van der Waals surface area contributed by atoms with Crippen LogP contribution in [-0.4, -0.2) is 19.2 Å². The Kier molecular flexibility index (Phi) is 5.10. The second-order valence-electron chi connectivity index (χ2n) is 4.20. The van der Waals surface area contributed by atoms with Gasteiger partial charge in [-0.15, -0.1) is 12.4 Å². The zero-order chi connectivity index (χ0) is 10.7. The highest BCUT2D eigenvalue weighted by Crippen LogP contribution is 2.26. The molecule has 2 nitrogen and oxygen atoms in total. The molecule has 1 heterocycles. The zero-order valence-electron chi connectivity index (χ0n) is 9.95. The fraction of sp³-hybridized carbons (Fsp3) is 0.538. The highest BCUT2D eigenvalue weighted by molar-refractivity contribution is 5.85. The molecule has 1 aliphatic rings. The van der Waals surface area contributed by atoms with Crippen LogP contribution in [0.4, 0.5) is 0 Å². The molecule has 0 unspecified atom stereocenters. The van der Waals surface area contributed by atoms with Gasteiger partial charge in [0.15, 0.2) is 0 Å². The summed E-state index contributed by atoms with van der Waals surface area (Å²) in [5.41, 5.74) is 2.78. The van der Waals surface area contributed by atoms with E-state index < -0.39 is 0 Å². The molecule has 1 aromatic rings. The number of benzene rings is 1. The van der Waals surface area contributed by atoms with Gasteiger partial charge in [0.2, 0.25) is 0 Å². The summed E-state index contributed by atoms with van der Waals surface area (Å²) in [5, 5.41) is 3.43. The van der Waals surface area contributed by atoms with E-state index in [-0.39, 0.29) is 12.4 Å². The summed E-state index contributed by atoms with van der Waals surface area (Å²) >= 11 is 0. The fourth-order valence-electron chi connectivity index (χ4n) is 2.14. The molecule has 0 aliphatic carbocycles. The number of likely N-dealkylation sites (N-methyl/N-ethyl adjacent to an activating group) is 1. The van der Waals surface area contributed by atoms with Crippen LogP contribution in [0.15, 0.2) is 18.2 Å². The summed E-state index contributed by atoms with van der Waals surface area (Å²) in [5.74, 6) is 1.08. The van der Waals surface area contributed by atoms with Gasteiger partial charge in [-0.25, -0.2) is 0 Å². The van der Waals surface area contributed by atoms with Crippen molar-refractivity contribution in [1.82, 2.24) is 5.32 Å². The van der Waals surface area contributed by atoms with Crippen molar-refractivity contribution >= 4 is 12.4 Å². The molecule has 0 fully saturated rings. The molecular weight excluding hydrogens is 222 g/mol. The largest absolute Gasteiger partial charge is 0.493 e. The predicted molar refractivity (Wildman–Crippen MR) is 69.7 cm³/mol. The van der Waals surface area contributed by atoms with Crippen LogP contribution >= 0.6 is 12.4 Å². The van der Waals surface area contributed by atoms with Crippen molar-refractivity contribution in [1.29, 1.82) is 0 Å². The first-order valence-electron chi connectivity index (χ1n) is 5.77. The lowest BCUT2D eigenvalue weighted by atomic mass is 10.0. The highest BCUT2D eigenvalue weighted by atomic mass is 35.5. The zero-order valence-corrected chi connectivity index (χ0v) is 10.8. The SMILES string of the molecule is CCN[C@@H](C)Cc1ccc2c(c1)CCO2.Cl. The van der Waals surface area contributed by atoms with Crippen molar-refractivity contribution in [2.45, 2.75) is 32.7 Å². The van der Waals surface area contributed by atoms with E-state index in [2.05, 4.69) is 37.4 Å². The van der Waals surface area contributed by atoms with Crippen LogP contribution in [0.5, 0.6) is 5.75 Å². The van der Waals surface area contributed by atoms with Crippen LogP contribution in [0.1, 0.15) is 25.0 Å². The molecule has 0 amide bonds. The number of ether oxygens (including phenoxy) is 1. The average Bonchev–Trinajstić information content (AvgIpc) is 2.65. The molecule has 0 radical (unpaired) electrons. The third-order valence-electron chi connectivity index (χ3n) is 2.85. The first-order chi connectivity index (χ1) is 7.29. The van der Waals surface area contributed by atoms with Gasteiger partial charge in [-0.05, 0) is 37.1 Å². The van der Waals surface area contributed by atoms with Gasteiger partial charge < -0.3 is 10.1 Å². The van der Waals surface area contributed by atoms with Gasteiger partial charge in [-0.1, -0.05) is 19.1 Å². The third kappa shape index (κ3) is 3.13. The molecule has 1 aromatic carbocycles. The Hall–Kier alpha value is -0.730. The van der Waals surface area contributed by atoms with Crippen molar-refractivity contribution < 1.29 is 4.74 Å². The van der Waals surface area contributed by atoms with E-state index in [1.54, 1.807) is 0 Å². The van der Waals surface area contributed by atoms with Crippen molar-refractivity contribution in [3.63, 3.8) is 0 Å². The normalized spacial score (nSPS) is 14.9. The van der Waals surface area contributed by atoms with Gasteiger partial charge in [-0.2, -0.15) is 0 Å². The molecule has 0 saturated heterocycles. The minimum absolute atomic E-state index is 0. The summed E-state index contributed by atoms with van der Waals surface area (Å²) in [6.07, 6.45) is 2.17. The van der Waals surface area contributed by atoms with Crippen LogP contribution in [-0.2, 0) is 12.8 Å². The number of hydrogen-bond acceptors (Lipinski definition) is 2. The summed E-state index contributed by atoms with van der Waals surface area (Å²) in [4.78, 5) is 0. The molecular formula is C13H20ClNO. The van der Waals surface area contributed by atoms with Gasteiger partial charge in [0, 0.05) is 12.5 Å². The Morgan fingerprint density at radius 2 is 2.25 bits per heavy atom. The summed E-state index contributed by atoms with van der Waals surface area (Å²) < 4.78 is 5.49. The molecule has 0 bridgehead atoms. The molecule has 1 aliphatic heterocycles. The second kappa shape index (κ2) is 6.12. The van der Waals surface area contributed by atoms with Gasteiger partial charge >= 0.3 is 0 Å². The van der Waals surface area contributed by atoms with Crippen LogP contribution in [0.2, 0.25) is 0 Å². The number of hydrogen-bond donors (Lipinski definition) is 1. The second-order valence-corrected chi connectivity index (χ2v) is 4.20. The summed E-state index contributed by atoms with van der Waals surface area (Å²) in [6, 6.07) is 7.13. The molecule has 3 heteroatoms. The predicted octanol–water partition coefficient (Wildman–Crippen LogP) is 2.58. The molecule has 90 valence electrons. The van der Waals surface area contributed by atoms with E-state index in [0.29, 0.717) is 6.04 Å². The lowest BCUT2D eigenvalue weighted by Crippen LogP contribution is -2.27. The van der Waals surface area contributed by atoms with Gasteiger partial charge in [-0.3, -0.25) is 0 Å². The van der Waals surface area contributed by atoms with E-state index in [4.69, 9.17) is 4.74 Å². The smallest absolute Gasteiger partial charge is 0.122 e. The van der Waals surface area contributed by atoms with Crippen LogP contribution in [0.3, 0.4) is 0 Å². The van der Waals surface area contributed by atoms with E-state index in [9.17, 15) is 0 Å². The maximum absolute atomic E-state index is 5.49. The lowest BCUT2D eigenvalue weighted by molar-refractivity contribution is 0.357. The van der Waals surface area contributed by atoms with Crippen molar-refractivity contribution in [2.75, 3.05) is 13.2 Å². The quantitative estimate of drug-likeness (QED) is 0.875. The topological polar surface area (TPSA) is 21.3 Å². The Morgan fingerprint density at radius 3 is 3.00 bits per heavy atom. The molecule has 1 atom stereocenters. The van der Waals surface area contributed by atoms with Crippen molar-refractivity contribution in [3.05, 3.63) is 29.3 Å². The molecule has 0 saturated carbocycles. The number of rotatable bonds is 4. The van der Waals surface area contributed by atoms with Gasteiger partial charge in [0.25, 0.3) is 0 Å². The monoisotopic (exact) mass is 241 g/mol. The molecule has 16 heavy (non-hydrogen) atoms. The van der Waals surface area contributed by atoms with Crippen LogP contribution in [0, 0.1) is 0 Å². The average molecular weight is 242 g/mol. The lowest BCUT2D eigenvalue weighted by Gasteiger charge is -2.12. The Morgan fingerprint density at radius 1 is 1.44 bits per heavy atom. The van der Waals surface area contributed by atoms with E-state index in [1.165, 1.54) is 11.1 Å². The fourth-order valence-corrected chi connectivity index (χ4v) is 2.14. The van der Waals surface area contributed by atoms with Crippen molar-refractivity contribution in [2.24, 2.45) is 0 Å². The Balaban J connectivity index is 0.00000128. The maximum Gasteiger partial charge on any atom is 0.122 e. The standard InChI is InChI=1S/C13H19NO.ClH/c1-3-14-10(2)8-11-4-5-13-12(9-11)6-7-15-13;/h4-5,9-10,14H,3,6-8H2,1-2H3;1H/t10-;/m0./s1. The summed E-state index contributed by atoms with van der Waals surface area (Å²) in [6.45, 7) is 6.26. The first kappa shape index (κ1) is 13.3. The van der Waals surface area contributed by atoms with Crippen molar-refractivity contribution in [3.8, 4) is 5.75 Å². The number of halogens is 1. The number of fused-ring (bicyclic) bond motifs is 1. The Bertz CT molecular complexity index is 341. The minimum atomic E-state index is 0. The molecule has 0 aromatic heterocycles. The van der Waals surface area contributed by atoms with E-state index >= 15 is 0 Å². The highest BCUT2D eigenvalue weighted by Gasteiger charge is 2.12. The summed E-state index contributed by atoms with van der Waals surface area (Å²) in [7, 11) is 0.